The van der Waals surface area contributed by atoms with Crippen molar-refractivity contribution in [2.24, 2.45) is 0 Å². The van der Waals surface area contributed by atoms with Crippen LogP contribution in [0, 0.1) is 0 Å². The monoisotopic (exact) mass is 413 g/mol. The molecule has 2 aromatic rings. The largest absolute Gasteiger partial charge is 0.496 e. The summed E-state index contributed by atoms with van der Waals surface area (Å²) in [7, 11) is 5.52. The number of nitrogens with zero attached hydrogens (tertiary/aromatic N) is 3. The summed E-state index contributed by atoms with van der Waals surface area (Å²) < 4.78 is 17.4. The van der Waals surface area contributed by atoms with Crippen molar-refractivity contribution >= 4 is 5.82 Å². The SMILES string of the molecule is CNCc1cc(NC)nc(C2CCCN2Cc2cc3c(cc2OC)OCCCO3)n1. The highest BCUT2D eigenvalue weighted by Gasteiger charge is 2.30. The quantitative estimate of drug-likeness (QED) is 0.717. The smallest absolute Gasteiger partial charge is 0.164 e. The molecule has 8 nitrogen and oxygen atoms in total. The van der Waals surface area contributed by atoms with Crippen LogP contribution in [0.1, 0.15) is 42.4 Å². The van der Waals surface area contributed by atoms with Gasteiger partial charge in [-0.2, -0.15) is 0 Å². The molecule has 162 valence electrons. The number of anilines is 1. The van der Waals surface area contributed by atoms with Crippen molar-refractivity contribution in [3.63, 3.8) is 0 Å². The molecule has 1 fully saturated rings. The topological polar surface area (TPSA) is 80.8 Å². The van der Waals surface area contributed by atoms with Gasteiger partial charge in [0.25, 0.3) is 0 Å². The van der Waals surface area contributed by atoms with E-state index in [-0.39, 0.29) is 6.04 Å². The third kappa shape index (κ3) is 4.44. The summed E-state index contributed by atoms with van der Waals surface area (Å²) in [6.07, 6.45) is 3.04. The molecule has 3 heterocycles. The fraction of sp³-hybridized carbons (Fsp3) is 0.545. The van der Waals surface area contributed by atoms with Gasteiger partial charge in [-0.1, -0.05) is 0 Å². The average molecular weight is 414 g/mol. The molecule has 0 bridgehead atoms. The van der Waals surface area contributed by atoms with E-state index in [1.54, 1.807) is 7.11 Å². The van der Waals surface area contributed by atoms with E-state index in [1.165, 1.54) is 0 Å². The van der Waals surface area contributed by atoms with Crippen LogP contribution < -0.4 is 24.8 Å². The molecular formula is C22H31N5O3. The second-order valence-electron chi connectivity index (χ2n) is 7.67. The Morgan fingerprint density at radius 2 is 1.90 bits per heavy atom. The molecule has 2 N–H and O–H groups in total. The van der Waals surface area contributed by atoms with Crippen LogP contribution in [0.3, 0.4) is 0 Å². The fourth-order valence-corrected chi connectivity index (χ4v) is 4.14. The van der Waals surface area contributed by atoms with Gasteiger partial charge in [0.1, 0.15) is 17.4 Å². The lowest BCUT2D eigenvalue weighted by Gasteiger charge is -2.25. The molecule has 4 rings (SSSR count). The van der Waals surface area contributed by atoms with Crippen molar-refractivity contribution in [2.75, 3.05) is 46.3 Å². The average Bonchev–Trinajstić information content (AvgIpc) is 3.10. The van der Waals surface area contributed by atoms with Gasteiger partial charge in [0.05, 0.1) is 32.1 Å². The predicted octanol–water partition coefficient (Wildman–Crippen LogP) is 2.74. The molecule has 1 atom stereocenters. The van der Waals surface area contributed by atoms with Gasteiger partial charge >= 0.3 is 0 Å². The number of methoxy groups -OCH3 is 1. The second-order valence-corrected chi connectivity index (χ2v) is 7.67. The van der Waals surface area contributed by atoms with Crippen LogP contribution in [0.15, 0.2) is 18.2 Å². The molecular weight excluding hydrogens is 382 g/mol. The third-order valence-electron chi connectivity index (χ3n) is 5.60. The molecule has 0 spiro atoms. The van der Waals surface area contributed by atoms with Crippen molar-refractivity contribution in [3.8, 4) is 17.2 Å². The van der Waals surface area contributed by atoms with E-state index >= 15 is 0 Å². The molecule has 30 heavy (non-hydrogen) atoms. The van der Waals surface area contributed by atoms with E-state index in [0.717, 1.165) is 72.5 Å². The summed E-state index contributed by atoms with van der Waals surface area (Å²) in [6, 6.07) is 6.18. The number of benzene rings is 1. The van der Waals surface area contributed by atoms with Gasteiger partial charge in [0.2, 0.25) is 0 Å². The maximum atomic E-state index is 5.90. The van der Waals surface area contributed by atoms with Crippen molar-refractivity contribution in [1.29, 1.82) is 0 Å². The minimum atomic E-state index is 0.176. The molecule has 1 aromatic carbocycles. The first-order chi connectivity index (χ1) is 14.7. The first kappa shape index (κ1) is 20.7. The summed E-state index contributed by atoms with van der Waals surface area (Å²) in [5.74, 6) is 4.10. The molecule has 0 saturated carbocycles. The van der Waals surface area contributed by atoms with Crippen LogP contribution in [-0.2, 0) is 13.1 Å². The summed E-state index contributed by atoms with van der Waals surface area (Å²) >= 11 is 0. The molecule has 0 radical (unpaired) electrons. The van der Waals surface area contributed by atoms with Gasteiger partial charge in [-0.15, -0.1) is 0 Å². The Labute approximate surface area is 177 Å². The van der Waals surface area contributed by atoms with E-state index in [1.807, 2.05) is 26.2 Å². The standard InChI is InChI=1S/C22H31N5O3/c1-23-13-16-11-21(24-2)26-22(25-16)17-6-4-7-27(17)14-15-10-19-20(12-18(15)28-3)30-9-5-8-29-19/h10-12,17,23H,4-9,13-14H2,1-3H3,(H,24,25,26). The Bertz CT molecular complexity index is 876. The van der Waals surface area contributed by atoms with Gasteiger partial charge in [0.15, 0.2) is 11.5 Å². The van der Waals surface area contributed by atoms with E-state index in [2.05, 4.69) is 21.6 Å². The van der Waals surface area contributed by atoms with Crippen molar-refractivity contribution in [2.45, 2.75) is 38.4 Å². The van der Waals surface area contributed by atoms with Crippen molar-refractivity contribution in [3.05, 3.63) is 35.3 Å². The van der Waals surface area contributed by atoms with Gasteiger partial charge in [-0.3, -0.25) is 4.90 Å². The summed E-state index contributed by atoms with van der Waals surface area (Å²) in [6.45, 7) is 3.80. The zero-order valence-corrected chi connectivity index (χ0v) is 18.0. The molecule has 0 amide bonds. The van der Waals surface area contributed by atoms with Gasteiger partial charge in [-0.25, -0.2) is 9.97 Å². The van der Waals surface area contributed by atoms with Crippen molar-refractivity contribution < 1.29 is 14.2 Å². The zero-order chi connectivity index (χ0) is 20.9. The van der Waals surface area contributed by atoms with Gasteiger partial charge in [-0.05, 0) is 32.5 Å². The summed E-state index contributed by atoms with van der Waals surface area (Å²) in [5.41, 5.74) is 2.08. The van der Waals surface area contributed by atoms with Crippen LogP contribution in [0.2, 0.25) is 0 Å². The Kier molecular flexibility index (Phi) is 6.54. The first-order valence-corrected chi connectivity index (χ1v) is 10.6. The van der Waals surface area contributed by atoms with Gasteiger partial charge in [0, 0.05) is 44.3 Å². The molecule has 2 aliphatic rings. The number of rotatable bonds is 7. The second kappa shape index (κ2) is 9.49. The number of hydrogen-bond acceptors (Lipinski definition) is 8. The highest BCUT2D eigenvalue weighted by molar-refractivity contribution is 5.51. The minimum absolute atomic E-state index is 0.176. The van der Waals surface area contributed by atoms with Gasteiger partial charge < -0.3 is 24.8 Å². The molecule has 1 unspecified atom stereocenters. The zero-order valence-electron chi connectivity index (χ0n) is 18.0. The number of ether oxygens (including phenoxy) is 3. The Balaban J connectivity index is 1.60. The van der Waals surface area contributed by atoms with Crippen LogP contribution in [-0.4, -0.2) is 55.8 Å². The number of aromatic nitrogens is 2. The minimum Gasteiger partial charge on any atom is -0.496 e. The Morgan fingerprint density at radius 3 is 2.63 bits per heavy atom. The lowest BCUT2D eigenvalue weighted by atomic mass is 10.1. The van der Waals surface area contributed by atoms with E-state index in [9.17, 15) is 0 Å². The maximum Gasteiger partial charge on any atom is 0.164 e. The molecule has 1 aromatic heterocycles. The van der Waals surface area contributed by atoms with Crippen LogP contribution in [0.25, 0.3) is 0 Å². The number of hydrogen-bond donors (Lipinski definition) is 2. The Hall–Kier alpha value is -2.58. The normalized spacial score (nSPS) is 18.8. The Morgan fingerprint density at radius 1 is 1.10 bits per heavy atom. The molecule has 8 heteroatoms. The summed E-state index contributed by atoms with van der Waals surface area (Å²) in [5, 5.41) is 6.34. The number of nitrogens with one attached hydrogen (secondary N) is 2. The molecule has 0 aliphatic carbocycles. The highest BCUT2D eigenvalue weighted by atomic mass is 16.5. The van der Waals surface area contributed by atoms with Crippen LogP contribution >= 0.6 is 0 Å². The highest BCUT2D eigenvalue weighted by Crippen LogP contribution is 2.39. The lowest BCUT2D eigenvalue weighted by molar-refractivity contribution is 0.235. The molecule has 2 aliphatic heterocycles. The molecule has 1 saturated heterocycles. The maximum absolute atomic E-state index is 5.90. The van der Waals surface area contributed by atoms with Crippen LogP contribution in [0.4, 0.5) is 5.82 Å². The van der Waals surface area contributed by atoms with Crippen LogP contribution in [0.5, 0.6) is 17.2 Å². The third-order valence-corrected chi connectivity index (χ3v) is 5.60. The number of likely N-dealkylation sites (tertiary alicyclic amines) is 1. The summed E-state index contributed by atoms with van der Waals surface area (Å²) in [4.78, 5) is 12.0. The van der Waals surface area contributed by atoms with E-state index < -0.39 is 0 Å². The van der Waals surface area contributed by atoms with Crippen molar-refractivity contribution in [1.82, 2.24) is 20.2 Å². The number of fused-ring (bicyclic) bond motifs is 1. The van der Waals surface area contributed by atoms with E-state index in [0.29, 0.717) is 19.8 Å². The fourth-order valence-electron chi connectivity index (χ4n) is 4.14. The lowest BCUT2D eigenvalue weighted by Crippen LogP contribution is -2.25. The predicted molar refractivity (Wildman–Crippen MR) is 115 cm³/mol. The van der Waals surface area contributed by atoms with E-state index in [4.69, 9.17) is 24.2 Å². The first-order valence-electron chi connectivity index (χ1n) is 10.6.